The standard InChI is InChI=1S/C37H31N9O3/c1-22-10-16-25(17-11-22)38-34(47)28-6-4-8-30-32(28)45(43-41-30)37(36(49)40-27-20-14-24(3)15-21-27)46-33-29(7-5-9-31(33)42-44-46)35(48)39-26-18-12-23(2)13-19-26/h4-21,37H,1-3H3,(H,38,47)(H,39,48)(H,40,49). The van der Waals surface area contributed by atoms with Crippen LogP contribution in [0, 0.1) is 20.8 Å². The van der Waals surface area contributed by atoms with E-state index in [0.717, 1.165) is 16.7 Å². The lowest BCUT2D eigenvalue weighted by atomic mass is 10.1. The number of hydrogen-bond donors (Lipinski definition) is 3. The van der Waals surface area contributed by atoms with E-state index in [1.54, 1.807) is 48.5 Å². The Balaban J connectivity index is 1.37. The molecule has 0 unspecified atom stereocenters. The van der Waals surface area contributed by atoms with Crippen LogP contribution in [0.3, 0.4) is 0 Å². The van der Waals surface area contributed by atoms with Crippen molar-refractivity contribution in [3.63, 3.8) is 0 Å². The first kappa shape index (κ1) is 30.9. The molecule has 0 bridgehead atoms. The van der Waals surface area contributed by atoms with Gasteiger partial charge in [-0.2, -0.15) is 0 Å². The topological polar surface area (TPSA) is 149 Å². The van der Waals surface area contributed by atoms with E-state index in [0.29, 0.717) is 39.1 Å². The minimum Gasteiger partial charge on any atom is -0.323 e. The van der Waals surface area contributed by atoms with Gasteiger partial charge < -0.3 is 16.0 Å². The lowest BCUT2D eigenvalue weighted by molar-refractivity contribution is -0.120. The van der Waals surface area contributed by atoms with Crippen molar-refractivity contribution in [3.05, 3.63) is 137 Å². The summed E-state index contributed by atoms with van der Waals surface area (Å²) in [6.07, 6.45) is -1.36. The van der Waals surface area contributed by atoms with Crippen molar-refractivity contribution in [2.45, 2.75) is 26.9 Å². The Morgan fingerprint density at radius 3 is 1.27 bits per heavy atom. The summed E-state index contributed by atoms with van der Waals surface area (Å²) in [5.74, 6) is -1.39. The van der Waals surface area contributed by atoms with Gasteiger partial charge in [-0.05, 0) is 81.4 Å². The monoisotopic (exact) mass is 649 g/mol. The van der Waals surface area contributed by atoms with Gasteiger partial charge in [0.1, 0.15) is 22.1 Å². The fourth-order valence-electron chi connectivity index (χ4n) is 5.54. The Morgan fingerprint density at radius 2 is 0.878 bits per heavy atom. The van der Waals surface area contributed by atoms with Crippen LogP contribution in [0.2, 0.25) is 0 Å². The summed E-state index contributed by atoms with van der Waals surface area (Å²) in [4.78, 5) is 41.9. The van der Waals surface area contributed by atoms with Gasteiger partial charge in [0.15, 0.2) is 0 Å². The van der Waals surface area contributed by atoms with E-state index in [1.807, 2.05) is 81.4 Å². The number of fused-ring (bicyclic) bond motifs is 2. The molecule has 49 heavy (non-hydrogen) atoms. The van der Waals surface area contributed by atoms with Crippen molar-refractivity contribution in [2.24, 2.45) is 0 Å². The van der Waals surface area contributed by atoms with Gasteiger partial charge in [0.25, 0.3) is 17.7 Å². The van der Waals surface area contributed by atoms with Gasteiger partial charge in [0.2, 0.25) is 6.17 Å². The van der Waals surface area contributed by atoms with Crippen LogP contribution in [0.1, 0.15) is 43.6 Å². The zero-order valence-electron chi connectivity index (χ0n) is 26.9. The number of amides is 3. The molecular formula is C37H31N9O3. The molecule has 3 N–H and O–H groups in total. The predicted molar refractivity (Wildman–Crippen MR) is 188 cm³/mol. The maximum atomic E-state index is 14.4. The number of benzene rings is 5. The van der Waals surface area contributed by atoms with Crippen LogP contribution in [0.25, 0.3) is 22.1 Å². The molecule has 0 atom stereocenters. The summed E-state index contributed by atoms with van der Waals surface area (Å²) in [6.45, 7) is 5.87. The highest BCUT2D eigenvalue weighted by Crippen LogP contribution is 2.28. The molecule has 0 fully saturated rings. The summed E-state index contributed by atoms with van der Waals surface area (Å²) in [7, 11) is 0. The van der Waals surface area contributed by atoms with E-state index in [4.69, 9.17) is 0 Å². The molecule has 0 saturated heterocycles. The smallest absolute Gasteiger partial charge is 0.271 e. The van der Waals surface area contributed by atoms with Crippen LogP contribution in [0.5, 0.6) is 0 Å². The van der Waals surface area contributed by atoms with Crippen molar-refractivity contribution in [3.8, 4) is 0 Å². The van der Waals surface area contributed by atoms with Gasteiger partial charge in [-0.25, -0.2) is 9.36 Å². The second-order valence-corrected chi connectivity index (χ2v) is 11.8. The average Bonchev–Trinajstić information content (AvgIpc) is 3.73. The third kappa shape index (κ3) is 6.22. The van der Waals surface area contributed by atoms with Crippen molar-refractivity contribution in [1.82, 2.24) is 30.0 Å². The third-order valence-corrected chi connectivity index (χ3v) is 8.11. The van der Waals surface area contributed by atoms with E-state index in [2.05, 4.69) is 36.6 Å². The molecule has 242 valence electrons. The summed E-state index contributed by atoms with van der Waals surface area (Å²) in [6, 6.07) is 32.2. The number of carbonyl (C=O) groups is 3. The van der Waals surface area contributed by atoms with Gasteiger partial charge in [-0.3, -0.25) is 14.4 Å². The van der Waals surface area contributed by atoms with E-state index in [-0.39, 0.29) is 11.1 Å². The van der Waals surface area contributed by atoms with Gasteiger partial charge in [0, 0.05) is 17.1 Å². The number of rotatable bonds is 8. The number of nitrogens with one attached hydrogen (secondary N) is 3. The van der Waals surface area contributed by atoms with Gasteiger partial charge in [-0.15, -0.1) is 10.2 Å². The molecule has 2 heterocycles. The zero-order valence-corrected chi connectivity index (χ0v) is 26.9. The molecule has 0 spiro atoms. The second-order valence-electron chi connectivity index (χ2n) is 11.8. The number of aryl methyl sites for hydroxylation is 3. The summed E-state index contributed by atoms with van der Waals surface area (Å²) >= 11 is 0. The van der Waals surface area contributed by atoms with Crippen LogP contribution >= 0.6 is 0 Å². The van der Waals surface area contributed by atoms with Crippen LogP contribution in [-0.4, -0.2) is 47.7 Å². The van der Waals surface area contributed by atoms with Crippen molar-refractivity contribution in [1.29, 1.82) is 0 Å². The average molecular weight is 650 g/mol. The number of carbonyl (C=O) groups excluding carboxylic acids is 3. The molecule has 0 aliphatic carbocycles. The number of para-hydroxylation sites is 2. The predicted octanol–water partition coefficient (Wildman–Crippen LogP) is 6.29. The first-order valence-corrected chi connectivity index (χ1v) is 15.6. The van der Waals surface area contributed by atoms with E-state index in [1.165, 1.54) is 9.36 Å². The highest BCUT2D eigenvalue weighted by atomic mass is 16.2. The summed E-state index contributed by atoms with van der Waals surface area (Å²) in [5, 5.41) is 26.2. The molecule has 2 aromatic heterocycles. The fraction of sp³-hybridized carbons (Fsp3) is 0.108. The summed E-state index contributed by atoms with van der Waals surface area (Å²) < 4.78 is 2.68. The minimum atomic E-state index is -1.36. The van der Waals surface area contributed by atoms with E-state index < -0.39 is 23.9 Å². The number of hydrogen-bond acceptors (Lipinski definition) is 7. The van der Waals surface area contributed by atoms with E-state index in [9.17, 15) is 14.4 Å². The second kappa shape index (κ2) is 12.8. The lowest BCUT2D eigenvalue weighted by Crippen LogP contribution is -2.34. The Kier molecular flexibility index (Phi) is 8.11. The Bertz CT molecular complexity index is 2210. The Morgan fingerprint density at radius 1 is 0.510 bits per heavy atom. The van der Waals surface area contributed by atoms with Crippen molar-refractivity contribution < 1.29 is 14.4 Å². The summed E-state index contributed by atoms with van der Waals surface area (Å²) in [5.41, 5.74) is 6.68. The molecule has 0 radical (unpaired) electrons. The molecule has 3 amide bonds. The maximum absolute atomic E-state index is 14.4. The van der Waals surface area contributed by atoms with Crippen molar-refractivity contribution >= 4 is 56.9 Å². The highest BCUT2D eigenvalue weighted by Gasteiger charge is 2.32. The van der Waals surface area contributed by atoms with Gasteiger partial charge in [-0.1, -0.05) is 75.6 Å². The van der Waals surface area contributed by atoms with Crippen LogP contribution in [0.15, 0.2) is 109 Å². The fourth-order valence-corrected chi connectivity index (χ4v) is 5.54. The molecule has 0 aliphatic heterocycles. The highest BCUT2D eigenvalue weighted by molar-refractivity contribution is 6.13. The largest absolute Gasteiger partial charge is 0.323 e. The molecule has 0 aliphatic rings. The lowest BCUT2D eigenvalue weighted by Gasteiger charge is -2.20. The molecule has 7 aromatic rings. The van der Waals surface area contributed by atoms with Crippen LogP contribution in [0.4, 0.5) is 17.1 Å². The normalized spacial score (nSPS) is 11.2. The molecule has 0 saturated carbocycles. The molecule has 7 rings (SSSR count). The number of aromatic nitrogens is 6. The first-order valence-electron chi connectivity index (χ1n) is 15.6. The molecule has 5 aromatic carbocycles. The molecule has 12 nitrogen and oxygen atoms in total. The Hall–Kier alpha value is -6.69. The molecule has 12 heteroatoms. The third-order valence-electron chi connectivity index (χ3n) is 8.11. The van der Waals surface area contributed by atoms with Crippen LogP contribution < -0.4 is 16.0 Å². The van der Waals surface area contributed by atoms with E-state index >= 15 is 0 Å². The minimum absolute atomic E-state index is 0.234. The first-order chi connectivity index (χ1) is 23.7. The number of anilines is 3. The Labute approximate surface area is 280 Å². The SMILES string of the molecule is Cc1ccc(NC(=O)c2cccc3nnn(C(C(=O)Nc4ccc(C)cc4)n4nnc5cccc(C(=O)Nc6ccc(C)cc6)c54)c23)cc1. The quantitative estimate of drug-likeness (QED) is 0.175. The van der Waals surface area contributed by atoms with Crippen molar-refractivity contribution in [2.75, 3.05) is 16.0 Å². The molecular weight excluding hydrogens is 618 g/mol. The number of nitrogens with zero attached hydrogens (tertiary/aromatic N) is 6. The van der Waals surface area contributed by atoms with Gasteiger partial charge in [0.05, 0.1) is 11.1 Å². The maximum Gasteiger partial charge on any atom is 0.271 e. The van der Waals surface area contributed by atoms with Gasteiger partial charge >= 0.3 is 0 Å². The van der Waals surface area contributed by atoms with Crippen LogP contribution in [-0.2, 0) is 4.79 Å². The zero-order chi connectivity index (χ0) is 34.1.